The van der Waals surface area contributed by atoms with Crippen LogP contribution < -0.4 is 0 Å². The van der Waals surface area contributed by atoms with Crippen molar-refractivity contribution in [3.8, 4) is 50.2 Å². The highest BCUT2D eigenvalue weighted by molar-refractivity contribution is 6.27. The Balaban J connectivity index is 1.11. The number of nitrogens with zero attached hydrogens (tertiary/aromatic N) is 1. The van der Waals surface area contributed by atoms with Crippen molar-refractivity contribution >= 4 is 54.1 Å². The quantitative estimate of drug-likeness (QED) is 0.161. The lowest BCUT2D eigenvalue weighted by Gasteiger charge is -2.18. The largest absolute Gasteiger partial charge is 0.309 e. The summed E-state index contributed by atoms with van der Waals surface area (Å²) in [6.45, 7) is 0. The van der Waals surface area contributed by atoms with Crippen LogP contribution in [-0.4, -0.2) is 4.57 Å². The van der Waals surface area contributed by atoms with Crippen molar-refractivity contribution in [2.45, 2.75) is 0 Å². The van der Waals surface area contributed by atoms with Gasteiger partial charge in [0.25, 0.3) is 0 Å². The predicted molar refractivity (Wildman–Crippen MR) is 226 cm³/mol. The van der Waals surface area contributed by atoms with Gasteiger partial charge in [0.05, 0.1) is 11.0 Å². The second-order valence-corrected chi connectivity index (χ2v) is 14.1. The average molecular weight is 672 g/mol. The van der Waals surface area contributed by atoms with Crippen LogP contribution in [0.1, 0.15) is 0 Å². The van der Waals surface area contributed by atoms with Crippen LogP contribution in [0, 0.1) is 0 Å². The minimum absolute atomic E-state index is 1.17. The molecule has 0 N–H and O–H groups in total. The third-order valence-electron chi connectivity index (χ3n) is 11.1. The standard InChI is InChI=1S/C52H33N/c1-3-12-34(13-4-1)39-30-40(35-14-5-2-6-15-35)32-41(31-39)44-27-23-37-24-28-47-43(26-22-36-25-29-48(44)52(37)51(36)47)38-16-11-17-42(33-38)53-49-20-9-7-18-45(49)46-19-8-10-21-50(46)53/h1-33H. The van der Waals surface area contributed by atoms with Crippen LogP contribution in [0.4, 0.5) is 0 Å². The molecule has 53 heavy (non-hydrogen) atoms. The molecule has 0 atom stereocenters. The number of hydrogen-bond donors (Lipinski definition) is 0. The lowest BCUT2D eigenvalue weighted by atomic mass is 9.86. The van der Waals surface area contributed by atoms with E-state index in [0.717, 1.165) is 0 Å². The summed E-state index contributed by atoms with van der Waals surface area (Å²) in [5, 5.41) is 10.3. The minimum atomic E-state index is 1.17. The van der Waals surface area contributed by atoms with Gasteiger partial charge in [-0.3, -0.25) is 0 Å². The Bertz CT molecular complexity index is 3040. The number of benzene rings is 10. The number of para-hydroxylation sites is 2. The predicted octanol–water partition coefficient (Wildman–Crippen LogP) is 14.3. The van der Waals surface area contributed by atoms with Crippen LogP contribution >= 0.6 is 0 Å². The van der Waals surface area contributed by atoms with E-state index in [1.54, 1.807) is 0 Å². The third kappa shape index (κ3) is 4.71. The Kier molecular flexibility index (Phi) is 6.62. The molecule has 1 nitrogen and oxygen atoms in total. The molecular formula is C52H33N. The monoisotopic (exact) mass is 671 g/mol. The zero-order valence-corrected chi connectivity index (χ0v) is 29.0. The third-order valence-corrected chi connectivity index (χ3v) is 11.1. The lowest BCUT2D eigenvalue weighted by molar-refractivity contribution is 1.18. The molecule has 0 saturated heterocycles. The fourth-order valence-electron chi connectivity index (χ4n) is 8.70. The van der Waals surface area contributed by atoms with Crippen molar-refractivity contribution in [3.05, 3.63) is 200 Å². The van der Waals surface area contributed by atoms with E-state index in [0.29, 0.717) is 0 Å². The first-order chi connectivity index (χ1) is 26.3. The van der Waals surface area contributed by atoms with E-state index < -0.39 is 0 Å². The molecule has 0 unspecified atom stereocenters. The summed E-state index contributed by atoms with van der Waals surface area (Å²) in [5.41, 5.74) is 13.4. The number of rotatable bonds is 5. The molecule has 1 heterocycles. The Morgan fingerprint density at radius 3 is 1.28 bits per heavy atom. The average Bonchev–Trinajstić information content (AvgIpc) is 3.57. The van der Waals surface area contributed by atoms with Crippen LogP contribution in [0.25, 0.3) is 104 Å². The summed E-state index contributed by atoms with van der Waals surface area (Å²) in [5.74, 6) is 0. The van der Waals surface area contributed by atoms with E-state index in [9.17, 15) is 0 Å². The van der Waals surface area contributed by atoms with Crippen LogP contribution in [-0.2, 0) is 0 Å². The second kappa shape index (κ2) is 11.8. The second-order valence-electron chi connectivity index (χ2n) is 14.1. The Morgan fingerprint density at radius 2 is 0.717 bits per heavy atom. The van der Waals surface area contributed by atoms with Crippen molar-refractivity contribution in [3.63, 3.8) is 0 Å². The zero-order chi connectivity index (χ0) is 34.9. The summed E-state index contributed by atoms with van der Waals surface area (Å²) in [7, 11) is 0. The minimum Gasteiger partial charge on any atom is -0.309 e. The molecule has 0 saturated carbocycles. The highest BCUT2D eigenvalue weighted by atomic mass is 15.0. The molecule has 0 aliphatic carbocycles. The molecule has 1 aromatic heterocycles. The van der Waals surface area contributed by atoms with E-state index in [1.165, 1.54) is 104 Å². The summed E-state index contributed by atoms with van der Waals surface area (Å²) >= 11 is 0. The highest BCUT2D eigenvalue weighted by Crippen LogP contribution is 2.44. The van der Waals surface area contributed by atoms with E-state index in [4.69, 9.17) is 0 Å². The van der Waals surface area contributed by atoms with Gasteiger partial charge in [-0.05, 0) is 119 Å². The van der Waals surface area contributed by atoms with Gasteiger partial charge in [-0.2, -0.15) is 0 Å². The molecule has 0 fully saturated rings. The van der Waals surface area contributed by atoms with Crippen molar-refractivity contribution in [2.24, 2.45) is 0 Å². The first-order valence-corrected chi connectivity index (χ1v) is 18.3. The van der Waals surface area contributed by atoms with Gasteiger partial charge in [-0.1, -0.05) is 158 Å². The summed E-state index contributed by atoms with van der Waals surface area (Å²) in [6, 6.07) is 73.5. The van der Waals surface area contributed by atoms with E-state index in [-0.39, 0.29) is 0 Å². The van der Waals surface area contributed by atoms with Crippen molar-refractivity contribution in [2.75, 3.05) is 0 Å². The SMILES string of the molecule is c1ccc(-c2cc(-c3ccccc3)cc(-c3ccc4ccc5c(-c6cccc(-n7c8ccccc8c8ccccc87)c6)ccc6ccc3c4c65)c2)cc1. The molecular weight excluding hydrogens is 639 g/mol. The first kappa shape index (κ1) is 29.7. The van der Waals surface area contributed by atoms with Gasteiger partial charge < -0.3 is 4.57 Å². The molecule has 0 aliphatic rings. The van der Waals surface area contributed by atoms with E-state index >= 15 is 0 Å². The van der Waals surface area contributed by atoms with Crippen LogP contribution in [0.3, 0.4) is 0 Å². The lowest BCUT2D eigenvalue weighted by Crippen LogP contribution is -1.94. The van der Waals surface area contributed by atoms with E-state index in [1.807, 2.05) is 0 Å². The maximum absolute atomic E-state index is 2.41. The molecule has 1 heteroatoms. The van der Waals surface area contributed by atoms with Gasteiger partial charge in [0.2, 0.25) is 0 Å². The molecule has 10 aromatic carbocycles. The zero-order valence-electron chi connectivity index (χ0n) is 29.0. The number of hydrogen-bond acceptors (Lipinski definition) is 0. The number of aromatic nitrogens is 1. The van der Waals surface area contributed by atoms with Gasteiger partial charge in [-0.25, -0.2) is 0 Å². The fraction of sp³-hybridized carbons (Fsp3) is 0. The van der Waals surface area contributed by atoms with Crippen molar-refractivity contribution in [1.82, 2.24) is 4.57 Å². The normalized spacial score (nSPS) is 11.8. The van der Waals surface area contributed by atoms with Gasteiger partial charge in [0.15, 0.2) is 0 Å². The maximum Gasteiger partial charge on any atom is 0.0541 e. The van der Waals surface area contributed by atoms with Crippen LogP contribution in [0.5, 0.6) is 0 Å². The molecule has 0 amide bonds. The van der Waals surface area contributed by atoms with Gasteiger partial charge in [-0.15, -0.1) is 0 Å². The Hall–Kier alpha value is -6.96. The summed E-state index contributed by atoms with van der Waals surface area (Å²) < 4.78 is 2.41. The first-order valence-electron chi connectivity index (χ1n) is 18.3. The highest BCUT2D eigenvalue weighted by Gasteiger charge is 2.17. The molecule has 11 rings (SSSR count). The molecule has 0 radical (unpaired) electrons. The van der Waals surface area contributed by atoms with Gasteiger partial charge >= 0.3 is 0 Å². The van der Waals surface area contributed by atoms with Crippen molar-refractivity contribution < 1.29 is 0 Å². The molecule has 246 valence electrons. The maximum atomic E-state index is 2.41. The van der Waals surface area contributed by atoms with Crippen LogP contribution in [0.15, 0.2) is 200 Å². The Morgan fingerprint density at radius 1 is 0.264 bits per heavy atom. The van der Waals surface area contributed by atoms with Gasteiger partial charge in [0, 0.05) is 16.5 Å². The summed E-state index contributed by atoms with van der Waals surface area (Å²) in [4.78, 5) is 0. The summed E-state index contributed by atoms with van der Waals surface area (Å²) in [6.07, 6.45) is 0. The molecule has 11 aromatic rings. The smallest absolute Gasteiger partial charge is 0.0541 e. The van der Waals surface area contributed by atoms with Crippen molar-refractivity contribution in [1.29, 1.82) is 0 Å². The fourth-order valence-corrected chi connectivity index (χ4v) is 8.70. The molecule has 0 spiro atoms. The molecule has 0 aliphatic heterocycles. The number of fused-ring (bicyclic) bond motifs is 3. The Labute approximate surface area is 308 Å². The topological polar surface area (TPSA) is 4.93 Å². The van der Waals surface area contributed by atoms with Crippen LogP contribution in [0.2, 0.25) is 0 Å². The van der Waals surface area contributed by atoms with E-state index in [2.05, 4.69) is 205 Å². The van der Waals surface area contributed by atoms with Gasteiger partial charge in [0.1, 0.15) is 0 Å². The molecule has 0 bridgehead atoms.